The number of hydrogen-bond acceptors (Lipinski definition) is 3. The highest BCUT2D eigenvalue weighted by Gasteiger charge is 1.99. The molecule has 50 valence electrons. The Labute approximate surface area is 52.5 Å². The summed E-state index contributed by atoms with van der Waals surface area (Å²) in [5.41, 5.74) is 0.796. The molecule has 9 heavy (non-hydrogen) atoms. The first kappa shape index (κ1) is 6.32. The fourth-order valence-electron chi connectivity index (χ4n) is 0.620. The summed E-state index contributed by atoms with van der Waals surface area (Å²) in [6.45, 7) is 0. The van der Waals surface area contributed by atoms with E-state index in [1.54, 1.807) is 6.07 Å². The van der Waals surface area contributed by atoms with E-state index in [2.05, 4.69) is 0 Å². The molecule has 0 aliphatic rings. The van der Waals surface area contributed by atoms with E-state index in [0.29, 0.717) is 0 Å². The minimum absolute atomic E-state index is 0.233. The van der Waals surface area contributed by atoms with E-state index in [1.165, 1.54) is 12.5 Å². The average molecular weight is 128 g/mol. The van der Waals surface area contributed by atoms with Crippen LogP contribution in [0.15, 0.2) is 23.0 Å². The van der Waals surface area contributed by atoms with Gasteiger partial charge in [0.15, 0.2) is 6.29 Å². The molecule has 1 heterocycles. The zero-order valence-corrected chi connectivity index (χ0v) is 4.82. The molecule has 0 fully saturated rings. The van der Waals surface area contributed by atoms with Crippen molar-refractivity contribution in [2.45, 2.75) is 12.7 Å². The second-order valence-corrected chi connectivity index (χ2v) is 1.82. The van der Waals surface area contributed by atoms with Crippen LogP contribution < -0.4 is 0 Å². The maximum Gasteiger partial charge on any atom is 0.155 e. The second-order valence-electron chi connectivity index (χ2n) is 1.82. The molecule has 0 atom stereocenters. The van der Waals surface area contributed by atoms with Gasteiger partial charge in [0.25, 0.3) is 0 Å². The van der Waals surface area contributed by atoms with Gasteiger partial charge in [0.2, 0.25) is 0 Å². The molecule has 2 N–H and O–H groups in total. The van der Waals surface area contributed by atoms with E-state index in [9.17, 15) is 0 Å². The molecule has 1 aromatic heterocycles. The van der Waals surface area contributed by atoms with Crippen LogP contribution in [0.5, 0.6) is 0 Å². The molecule has 1 rings (SSSR count). The van der Waals surface area contributed by atoms with Crippen molar-refractivity contribution < 1.29 is 14.6 Å². The third kappa shape index (κ3) is 1.87. The van der Waals surface area contributed by atoms with Gasteiger partial charge in [-0.1, -0.05) is 0 Å². The standard InChI is InChI=1S/C6H8O3/c7-6(8)3-5-1-2-9-4-5/h1-2,4,6-8H,3H2. The molecule has 0 bridgehead atoms. The van der Waals surface area contributed by atoms with Gasteiger partial charge in [-0.2, -0.15) is 0 Å². The van der Waals surface area contributed by atoms with Crippen LogP contribution in [0, 0.1) is 0 Å². The van der Waals surface area contributed by atoms with Gasteiger partial charge in [-0.15, -0.1) is 0 Å². The smallest absolute Gasteiger partial charge is 0.155 e. The number of aliphatic hydroxyl groups is 2. The van der Waals surface area contributed by atoms with Crippen LogP contribution in [-0.4, -0.2) is 16.5 Å². The minimum atomic E-state index is -1.28. The lowest BCUT2D eigenvalue weighted by atomic mass is 10.2. The molecule has 3 nitrogen and oxygen atoms in total. The van der Waals surface area contributed by atoms with E-state index >= 15 is 0 Å². The fourth-order valence-corrected chi connectivity index (χ4v) is 0.620. The average Bonchev–Trinajstić information content (AvgIpc) is 2.15. The Bertz CT molecular complexity index is 155. The molecule has 0 unspecified atom stereocenters. The van der Waals surface area contributed by atoms with Crippen molar-refractivity contribution in [3.8, 4) is 0 Å². The van der Waals surface area contributed by atoms with Crippen LogP contribution in [0.25, 0.3) is 0 Å². The zero-order chi connectivity index (χ0) is 6.69. The quantitative estimate of drug-likeness (QED) is 0.557. The normalized spacial score (nSPS) is 10.6. The highest BCUT2D eigenvalue weighted by molar-refractivity contribution is 5.05. The largest absolute Gasteiger partial charge is 0.472 e. The van der Waals surface area contributed by atoms with Crippen molar-refractivity contribution in [2.24, 2.45) is 0 Å². The Morgan fingerprint density at radius 2 is 2.33 bits per heavy atom. The first-order valence-electron chi connectivity index (χ1n) is 2.66. The molecule has 0 amide bonds. The lowest BCUT2D eigenvalue weighted by Crippen LogP contribution is -2.06. The summed E-state index contributed by atoms with van der Waals surface area (Å²) < 4.78 is 4.69. The lowest BCUT2D eigenvalue weighted by molar-refractivity contribution is -0.0382. The van der Waals surface area contributed by atoms with Crippen molar-refractivity contribution in [1.29, 1.82) is 0 Å². The summed E-state index contributed by atoms with van der Waals surface area (Å²) in [5.74, 6) is 0. The summed E-state index contributed by atoms with van der Waals surface area (Å²) >= 11 is 0. The van der Waals surface area contributed by atoms with Crippen LogP contribution >= 0.6 is 0 Å². The predicted octanol–water partition coefficient (Wildman–Crippen LogP) is 0.133. The Morgan fingerprint density at radius 3 is 2.78 bits per heavy atom. The Balaban J connectivity index is 2.48. The van der Waals surface area contributed by atoms with Gasteiger partial charge < -0.3 is 14.6 Å². The van der Waals surface area contributed by atoms with E-state index < -0.39 is 6.29 Å². The molecule has 1 aromatic rings. The molecule has 0 aliphatic heterocycles. The van der Waals surface area contributed by atoms with Gasteiger partial charge >= 0.3 is 0 Å². The molecule has 0 aliphatic carbocycles. The van der Waals surface area contributed by atoms with E-state index in [0.717, 1.165) is 5.56 Å². The highest BCUT2D eigenvalue weighted by atomic mass is 16.5. The van der Waals surface area contributed by atoms with Gasteiger partial charge in [0.05, 0.1) is 12.5 Å². The number of furan rings is 1. The molecule has 0 saturated carbocycles. The van der Waals surface area contributed by atoms with Gasteiger partial charge in [-0.05, 0) is 11.6 Å². The van der Waals surface area contributed by atoms with Crippen LogP contribution in [-0.2, 0) is 6.42 Å². The molecule has 0 saturated heterocycles. The topological polar surface area (TPSA) is 53.6 Å². The molecule has 0 aromatic carbocycles. The Morgan fingerprint density at radius 1 is 1.56 bits per heavy atom. The molecular formula is C6H8O3. The van der Waals surface area contributed by atoms with E-state index in [1.807, 2.05) is 0 Å². The first-order valence-corrected chi connectivity index (χ1v) is 2.66. The number of hydrogen-bond donors (Lipinski definition) is 2. The number of rotatable bonds is 2. The summed E-state index contributed by atoms with van der Waals surface area (Å²) in [5, 5.41) is 16.9. The lowest BCUT2D eigenvalue weighted by Gasteiger charge is -1.96. The fraction of sp³-hybridized carbons (Fsp3) is 0.333. The van der Waals surface area contributed by atoms with Crippen LogP contribution in [0.2, 0.25) is 0 Å². The summed E-state index contributed by atoms with van der Waals surface area (Å²) in [7, 11) is 0. The third-order valence-electron chi connectivity index (χ3n) is 0.998. The summed E-state index contributed by atoms with van der Waals surface area (Å²) in [6.07, 6.45) is 1.94. The first-order chi connectivity index (χ1) is 4.29. The Hall–Kier alpha value is -0.800. The van der Waals surface area contributed by atoms with E-state index in [4.69, 9.17) is 14.6 Å². The SMILES string of the molecule is OC(O)Cc1ccoc1. The molecular weight excluding hydrogens is 120 g/mol. The van der Waals surface area contributed by atoms with Gasteiger partial charge in [-0.25, -0.2) is 0 Å². The minimum Gasteiger partial charge on any atom is -0.472 e. The van der Waals surface area contributed by atoms with Crippen molar-refractivity contribution >= 4 is 0 Å². The van der Waals surface area contributed by atoms with Crippen LogP contribution in [0.1, 0.15) is 5.56 Å². The van der Waals surface area contributed by atoms with Crippen LogP contribution in [0.4, 0.5) is 0 Å². The molecule has 3 heteroatoms. The third-order valence-corrected chi connectivity index (χ3v) is 0.998. The van der Waals surface area contributed by atoms with Gasteiger partial charge in [0, 0.05) is 6.42 Å². The number of aliphatic hydroxyl groups excluding tert-OH is 1. The van der Waals surface area contributed by atoms with Gasteiger partial charge in [-0.3, -0.25) is 0 Å². The highest BCUT2D eigenvalue weighted by Crippen LogP contribution is 2.01. The summed E-state index contributed by atoms with van der Waals surface area (Å²) in [6, 6.07) is 1.69. The van der Waals surface area contributed by atoms with Crippen LogP contribution in [0.3, 0.4) is 0 Å². The van der Waals surface area contributed by atoms with Crippen molar-refractivity contribution in [3.63, 3.8) is 0 Å². The maximum atomic E-state index is 8.44. The maximum absolute atomic E-state index is 8.44. The van der Waals surface area contributed by atoms with Crippen molar-refractivity contribution in [3.05, 3.63) is 24.2 Å². The predicted molar refractivity (Wildman–Crippen MR) is 30.6 cm³/mol. The summed E-state index contributed by atoms with van der Waals surface area (Å²) in [4.78, 5) is 0. The molecule has 0 spiro atoms. The van der Waals surface area contributed by atoms with Crippen molar-refractivity contribution in [2.75, 3.05) is 0 Å². The second kappa shape index (κ2) is 2.66. The van der Waals surface area contributed by atoms with Crippen molar-refractivity contribution in [1.82, 2.24) is 0 Å². The Kier molecular flexibility index (Phi) is 1.87. The zero-order valence-electron chi connectivity index (χ0n) is 4.82. The monoisotopic (exact) mass is 128 g/mol. The van der Waals surface area contributed by atoms with E-state index in [-0.39, 0.29) is 6.42 Å². The van der Waals surface area contributed by atoms with Gasteiger partial charge in [0.1, 0.15) is 0 Å². The molecule has 0 radical (unpaired) electrons.